The van der Waals surface area contributed by atoms with Crippen molar-refractivity contribution in [2.45, 2.75) is 25.7 Å². The molecule has 2 heteroatoms. The van der Waals surface area contributed by atoms with Crippen LogP contribution in [0.2, 0.25) is 0 Å². The van der Waals surface area contributed by atoms with E-state index < -0.39 is 5.41 Å². The maximum Gasteiger partial charge on any atom is 0.141 e. The molecule has 1 aliphatic rings. The number of aliphatic hydroxyl groups is 1. The summed E-state index contributed by atoms with van der Waals surface area (Å²) in [4.78, 5) is 11.3. The number of hydrogen-bond donors (Lipinski definition) is 1. The summed E-state index contributed by atoms with van der Waals surface area (Å²) in [6.07, 6.45) is 4.73. The van der Waals surface area contributed by atoms with Crippen LogP contribution in [0.3, 0.4) is 0 Å². The molecule has 1 N–H and O–H groups in total. The monoisotopic (exact) mass is 154 g/mol. The molecule has 1 aliphatic carbocycles. The minimum Gasteiger partial charge on any atom is -0.395 e. The van der Waals surface area contributed by atoms with E-state index in [1.165, 1.54) is 0 Å². The molecule has 0 radical (unpaired) electrons. The topological polar surface area (TPSA) is 37.3 Å². The Labute approximate surface area is 66.9 Å². The van der Waals surface area contributed by atoms with E-state index >= 15 is 0 Å². The first-order valence-electron chi connectivity index (χ1n) is 4.00. The van der Waals surface area contributed by atoms with E-state index in [2.05, 4.69) is 6.58 Å². The molecule has 0 aromatic rings. The van der Waals surface area contributed by atoms with Crippen LogP contribution in [-0.4, -0.2) is 17.5 Å². The maximum absolute atomic E-state index is 11.3. The van der Waals surface area contributed by atoms with E-state index in [9.17, 15) is 4.79 Å². The Kier molecular flexibility index (Phi) is 2.45. The molecule has 0 spiro atoms. The lowest BCUT2D eigenvalue weighted by Crippen LogP contribution is -2.29. The van der Waals surface area contributed by atoms with Gasteiger partial charge in [0.05, 0.1) is 12.0 Å². The molecule has 0 amide bonds. The predicted molar refractivity (Wildman–Crippen MR) is 43.2 cm³/mol. The fraction of sp³-hybridized carbons (Fsp3) is 0.667. The predicted octanol–water partition coefficient (Wildman–Crippen LogP) is 1.29. The molecule has 62 valence electrons. The SMILES string of the molecule is C=CC[C@@]1(CO)CCCC1=O. The Hall–Kier alpha value is -0.630. The molecule has 1 fully saturated rings. The van der Waals surface area contributed by atoms with E-state index in [0.29, 0.717) is 12.8 Å². The zero-order valence-corrected chi connectivity index (χ0v) is 6.68. The lowest BCUT2D eigenvalue weighted by molar-refractivity contribution is -0.127. The first kappa shape index (κ1) is 8.47. The van der Waals surface area contributed by atoms with E-state index in [1.54, 1.807) is 6.08 Å². The zero-order valence-electron chi connectivity index (χ0n) is 6.68. The van der Waals surface area contributed by atoms with Crippen LogP contribution in [0.5, 0.6) is 0 Å². The van der Waals surface area contributed by atoms with Crippen LogP contribution in [0.4, 0.5) is 0 Å². The third kappa shape index (κ3) is 1.36. The maximum atomic E-state index is 11.3. The summed E-state index contributed by atoms with van der Waals surface area (Å²) in [5.74, 6) is 0.208. The minimum atomic E-state index is -0.457. The standard InChI is InChI=1S/C9H14O2/c1-2-5-9(7-10)6-3-4-8(9)11/h2,10H,1,3-7H2/t9-/m0/s1. The van der Waals surface area contributed by atoms with Crippen molar-refractivity contribution in [2.24, 2.45) is 5.41 Å². The van der Waals surface area contributed by atoms with Gasteiger partial charge in [-0.1, -0.05) is 6.08 Å². The number of allylic oxidation sites excluding steroid dienone is 1. The van der Waals surface area contributed by atoms with E-state index in [0.717, 1.165) is 12.8 Å². The van der Waals surface area contributed by atoms with E-state index in [4.69, 9.17) is 5.11 Å². The molecule has 0 heterocycles. The van der Waals surface area contributed by atoms with Gasteiger partial charge in [-0.25, -0.2) is 0 Å². The third-order valence-electron chi connectivity index (χ3n) is 2.49. The zero-order chi connectivity index (χ0) is 8.32. The highest BCUT2D eigenvalue weighted by Gasteiger charge is 2.39. The second kappa shape index (κ2) is 3.18. The van der Waals surface area contributed by atoms with Gasteiger partial charge in [-0.05, 0) is 19.3 Å². The molecular formula is C9H14O2. The summed E-state index contributed by atoms with van der Waals surface area (Å²) in [6, 6.07) is 0. The molecule has 0 bridgehead atoms. The molecule has 1 atom stereocenters. The molecular weight excluding hydrogens is 140 g/mol. The Bertz CT molecular complexity index is 174. The fourth-order valence-electron chi connectivity index (χ4n) is 1.72. The summed E-state index contributed by atoms with van der Waals surface area (Å²) in [7, 11) is 0. The summed E-state index contributed by atoms with van der Waals surface area (Å²) in [6.45, 7) is 3.57. The Morgan fingerprint density at radius 3 is 2.82 bits per heavy atom. The van der Waals surface area contributed by atoms with Crippen LogP contribution in [0, 0.1) is 5.41 Å². The summed E-state index contributed by atoms with van der Waals surface area (Å²) in [5, 5.41) is 9.05. The molecule has 0 saturated heterocycles. The lowest BCUT2D eigenvalue weighted by Gasteiger charge is -2.22. The highest BCUT2D eigenvalue weighted by Crippen LogP contribution is 2.37. The number of carbonyl (C=O) groups excluding carboxylic acids is 1. The summed E-state index contributed by atoms with van der Waals surface area (Å²) in [5.41, 5.74) is -0.457. The number of ketones is 1. The molecule has 0 aliphatic heterocycles. The largest absolute Gasteiger partial charge is 0.395 e. The minimum absolute atomic E-state index is 0.0160. The first-order chi connectivity index (χ1) is 5.25. The van der Waals surface area contributed by atoms with Gasteiger partial charge in [0.15, 0.2) is 0 Å². The fourth-order valence-corrected chi connectivity index (χ4v) is 1.72. The smallest absolute Gasteiger partial charge is 0.141 e. The summed E-state index contributed by atoms with van der Waals surface area (Å²) < 4.78 is 0. The van der Waals surface area contributed by atoms with Gasteiger partial charge in [0.25, 0.3) is 0 Å². The van der Waals surface area contributed by atoms with Gasteiger partial charge < -0.3 is 5.11 Å². The average molecular weight is 154 g/mol. The molecule has 2 nitrogen and oxygen atoms in total. The molecule has 11 heavy (non-hydrogen) atoms. The van der Waals surface area contributed by atoms with Gasteiger partial charge in [0.2, 0.25) is 0 Å². The van der Waals surface area contributed by atoms with Gasteiger partial charge in [-0.3, -0.25) is 4.79 Å². The van der Waals surface area contributed by atoms with Gasteiger partial charge in [-0.15, -0.1) is 6.58 Å². The van der Waals surface area contributed by atoms with Crippen molar-refractivity contribution in [2.75, 3.05) is 6.61 Å². The Morgan fingerprint density at radius 2 is 2.45 bits per heavy atom. The quantitative estimate of drug-likeness (QED) is 0.622. The number of hydrogen-bond acceptors (Lipinski definition) is 2. The van der Waals surface area contributed by atoms with Crippen molar-refractivity contribution in [3.63, 3.8) is 0 Å². The number of rotatable bonds is 3. The second-order valence-corrected chi connectivity index (χ2v) is 3.21. The molecule has 0 unspecified atom stereocenters. The number of Topliss-reactive ketones (excluding diaryl/α,β-unsaturated/α-hetero) is 1. The lowest BCUT2D eigenvalue weighted by atomic mass is 9.83. The van der Waals surface area contributed by atoms with Gasteiger partial charge in [0.1, 0.15) is 5.78 Å². The number of carbonyl (C=O) groups is 1. The third-order valence-corrected chi connectivity index (χ3v) is 2.49. The van der Waals surface area contributed by atoms with Crippen molar-refractivity contribution in [1.82, 2.24) is 0 Å². The Morgan fingerprint density at radius 1 is 1.73 bits per heavy atom. The van der Waals surface area contributed by atoms with Gasteiger partial charge in [0, 0.05) is 6.42 Å². The van der Waals surface area contributed by atoms with Crippen molar-refractivity contribution in [3.8, 4) is 0 Å². The van der Waals surface area contributed by atoms with Crippen LogP contribution in [-0.2, 0) is 4.79 Å². The molecule has 0 aromatic carbocycles. The van der Waals surface area contributed by atoms with Crippen LogP contribution < -0.4 is 0 Å². The van der Waals surface area contributed by atoms with Crippen molar-refractivity contribution in [3.05, 3.63) is 12.7 Å². The highest BCUT2D eigenvalue weighted by atomic mass is 16.3. The van der Waals surface area contributed by atoms with E-state index in [-0.39, 0.29) is 12.4 Å². The average Bonchev–Trinajstić information content (AvgIpc) is 2.35. The second-order valence-electron chi connectivity index (χ2n) is 3.21. The van der Waals surface area contributed by atoms with E-state index in [1.807, 2.05) is 0 Å². The van der Waals surface area contributed by atoms with Crippen molar-refractivity contribution in [1.29, 1.82) is 0 Å². The van der Waals surface area contributed by atoms with Crippen LogP contribution in [0.15, 0.2) is 12.7 Å². The normalized spacial score (nSPS) is 30.8. The highest BCUT2D eigenvalue weighted by molar-refractivity contribution is 5.87. The van der Waals surface area contributed by atoms with Gasteiger partial charge >= 0.3 is 0 Å². The van der Waals surface area contributed by atoms with Gasteiger partial charge in [-0.2, -0.15) is 0 Å². The molecule has 1 saturated carbocycles. The van der Waals surface area contributed by atoms with Crippen LogP contribution in [0.25, 0.3) is 0 Å². The Balaban J connectivity index is 2.72. The summed E-state index contributed by atoms with van der Waals surface area (Å²) >= 11 is 0. The molecule has 1 rings (SSSR count). The van der Waals surface area contributed by atoms with Crippen molar-refractivity contribution >= 4 is 5.78 Å². The first-order valence-corrected chi connectivity index (χ1v) is 4.00. The molecule has 0 aromatic heterocycles. The van der Waals surface area contributed by atoms with Crippen molar-refractivity contribution < 1.29 is 9.90 Å². The van der Waals surface area contributed by atoms with Crippen LogP contribution >= 0.6 is 0 Å². The van der Waals surface area contributed by atoms with Crippen LogP contribution in [0.1, 0.15) is 25.7 Å². The number of aliphatic hydroxyl groups excluding tert-OH is 1.